The molecule has 4 aromatic heterocycles. The van der Waals surface area contributed by atoms with E-state index >= 15 is 0 Å². The molecule has 0 aliphatic carbocycles. The van der Waals surface area contributed by atoms with Crippen LogP contribution < -0.4 is 10.6 Å². The van der Waals surface area contributed by atoms with Crippen LogP contribution >= 0.6 is 11.3 Å². The number of fused-ring (bicyclic) bond motifs is 2. The fraction of sp³-hybridized carbons (Fsp3) is 0.182. The molecule has 5 aromatic rings. The van der Waals surface area contributed by atoms with Crippen molar-refractivity contribution < 1.29 is 9.90 Å². The van der Waals surface area contributed by atoms with Gasteiger partial charge in [-0.05, 0) is 31.5 Å². The molecule has 0 amide bonds. The SMILES string of the molecule is CCn1cnc2nc(Nc3nc(C)c(C(=O)O)s3)nc(NCc3cnc4ccccc4c3)c21. The lowest BCUT2D eigenvalue weighted by Crippen LogP contribution is -2.07. The van der Waals surface area contributed by atoms with Gasteiger partial charge in [-0.25, -0.2) is 14.8 Å². The largest absolute Gasteiger partial charge is 0.477 e. The molecule has 1 aromatic carbocycles. The van der Waals surface area contributed by atoms with Gasteiger partial charge in [0.25, 0.3) is 0 Å². The van der Waals surface area contributed by atoms with Crippen LogP contribution in [-0.2, 0) is 13.1 Å². The second-order valence-corrected chi connectivity index (χ2v) is 8.35. The lowest BCUT2D eigenvalue weighted by Gasteiger charge is -2.11. The standard InChI is InChI=1S/C22H20N8O2S/c1-3-30-11-25-19-16(30)18(24-10-13-8-14-6-4-5-7-15(14)23-9-13)27-21(28-19)29-22-26-12(2)17(33-22)20(31)32/h4-9,11H,3,10H2,1-2H3,(H,31,32)(H2,24,26,27,28,29). The number of benzene rings is 1. The molecule has 0 bridgehead atoms. The van der Waals surface area contributed by atoms with Gasteiger partial charge in [-0.2, -0.15) is 9.97 Å². The van der Waals surface area contributed by atoms with E-state index in [1.165, 1.54) is 0 Å². The highest BCUT2D eigenvalue weighted by Gasteiger charge is 2.17. The number of carbonyl (C=O) groups is 1. The molecule has 0 radical (unpaired) electrons. The van der Waals surface area contributed by atoms with Crippen LogP contribution in [0.2, 0.25) is 0 Å². The van der Waals surface area contributed by atoms with Crippen molar-refractivity contribution in [2.75, 3.05) is 10.6 Å². The van der Waals surface area contributed by atoms with E-state index in [0.717, 1.165) is 33.3 Å². The molecular weight excluding hydrogens is 440 g/mol. The Morgan fingerprint density at radius 2 is 2.03 bits per heavy atom. The summed E-state index contributed by atoms with van der Waals surface area (Å²) in [6, 6.07) is 10.1. The van der Waals surface area contributed by atoms with Gasteiger partial charge in [0.1, 0.15) is 10.4 Å². The Balaban J connectivity index is 1.47. The monoisotopic (exact) mass is 460 g/mol. The number of carboxylic acid groups (broad SMARTS) is 1. The first kappa shape index (κ1) is 20.8. The Kier molecular flexibility index (Phi) is 5.31. The molecule has 0 fully saturated rings. The number of hydrogen-bond acceptors (Lipinski definition) is 9. The number of nitrogens with one attached hydrogen (secondary N) is 2. The first-order valence-corrected chi connectivity index (χ1v) is 11.1. The van der Waals surface area contributed by atoms with Gasteiger partial charge in [0.2, 0.25) is 5.95 Å². The van der Waals surface area contributed by atoms with Crippen molar-refractivity contribution >= 4 is 56.3 Å². The number of imidazole rings is 1. The summed E-state index contributed by atoms with van der Waals surface area (Å²) in [5.74, 6) is -0.113. The summed E-state index contributed by atoms with van der Waals surface area (Å²) in [7, 11) is 0. The van der Waals surface area contributed by atoms with Gasteiger partial charge in [-0.15, -0.1) is 0 Å². The van der Waals surface area contributed by atoms with E-state index in [4.69, 9.17) is 0 Å². The Bertz CT molecular complexity index is 1490. The molecule has 5 rings (SSSR count). The summed E-state index contributed by atoms with van der Waals surface area (Å²) in [5.41, 5.74) is 3.71. The van der Waals surface area contributed by atoms with Crippen LogP contribution in [0.15, 0.2) is 42.9 Å². The van der Waals surface area contributed by atoms with Crippen molar-refractivity contribution in [3.8, 4) is 0 Å². The van der Waals surface area contributed by atoms with Gasteiger partial charge in [0.15, 0.2) is 16.6 Å². The normalized spacial score (nSPS) is 11.2. The number of nitrogens with zero attached hydrogens (tertiary/aromatic N) is 6. The number of para-hydroxylation sites is 1. The van der Waals surface area contributed by atoms with E-state index in [-0.39, 0.29) is 10.8 Å². The Morgan fingerprint density at radius 1 is 1.18 bits per heavy atom. The Labute approximate surface area is 192 Å². The highest BCUT2D eigenvalue weighted by atomic mass is 32.1. The molecule has 0 unspecified atom stereocenters. The van der Waals surface area contributed by atoms with Crippen LogP contribution in [0.3, 0.4) is 0 Å². The fourth-order valence-corrected chi connectivity index (χ4v) is 4.34. The maximum absolute atomic E-state index is 11.3. The average molecular weight is 461 g/mol. The third-order valence-electron chi connectivity index (χ3n) is 5.13. The zero-order valence-electron chi connectivity index (χ0n) is 17.9. The molecular formula is C22H20N8O2S. The van der Waals surface area contributed by atoms with Crippen LogP contribution in [0.1, 0.15) is 27.9 Å². The summed E-state index contributed by atoms with van der Waals surface area (Å²) in [5, 5.41) is 17.2. The minimum atomic E-state index is -1.01. The van der Waals surface area contributed by atoms with Crippen molar-refractivity contribution in [2.24, 2.45) is 0 Å². The van der Waals surface area contributed by atoms with Crippen molar-refractivity contribution in [3.63, 3.8) is 0 Å². The molecule has 0 spiro atoms. The fourth-order valence-electron chi connectivity index (χ4n) is 3.54. The van der Waals surface area contributed by atoms with Crippen molar-refractivity contribution in [1.29, 1.82) is 0 Å². The molecule has 3 N–H and O–H groups in total. The topological polar surface area (TPSA) is 131 Å². The molecule has 166 valence electrons. The number of aryl methyl sites for hydroxylation is 2. The van der Waals surface area contributed by atoms with Gasteiger partial charge in [0.05, 0.1) is 17.5 Å². The average Bonchev–Trinajstić information content (AvgIpc) is 3.40. The zero-order valence-corrected chi connectivity index (χ0v) is 18.7. The molecule has 0 saturated heterocycles. The molecule has 0 atom stereocenters. The summed E-state index contributed by atoms with van der Waals surface area (Å²) in [4.78, 5) is 33.9. The molecule has 4 heterocycles. The molecule has 0 aliphatic heterocycles. The van der Waals surface area contributed by atoms with E-state index in [1.807, 2.05) is 42.0 Å². The minimum absolute atomic E-state index is 0.177. The van der Waals surface area contributed by atoms with E-state index in [0.29, 0.717) is 35.4 Å². The van der Waals surface area contributed by atoms with Crippen LogP contribution in [0.4, 0.5) is 16.9 Å². The third kappa shape index (κ3) is 4.05. The number of thiazole rings is 1. The maximum Gasteiger partial charge on any atom is 0.347 e. The minimum Gasteiger partial charge on any atom is -0.477 e. The molecule has 11 heteroatoms. The van der Waals surface area contributed by atoms with Crippen molar-refractivity contribution in [1.82, 2.24) is 29.5 Å². The van der Waals surface area contributed by atoms with Gasteiger partial charge < -0.3 is 15.0 Å². The molecule has 0 saturated carbocycles. The van der Waals surface area contributed by atoms with E-state index in [2.05, 4.69) is 41.6 Å². The van der Waals surface area contributed by atoms with Crippen LogP contribution in [0.25, 0.3) is 22.1 Å². The second-order valence-electron chi connectivity index (χ2n) is 7.35. The molecule has 10 nitrogen and oxygen atoms in total. The van der Waals surface area contributed by atoms with E-state index < -0.39 is 5.97 Å². The number of carboxylic acids is 1. The van der Waals surface area contributed by atoms with Crippen LogP contribution in [-0.4, -0.2) is 40.6 Å². The summed E-state index contributed by atoms with van der Waals surface area (Å²) in [6.07, 6.45) is 3.57. The first-order chi connectivity index (χ1) is 16.0. The number of hydrogen-bond donors (Lipinski definition) is 3. The third-order valence-corrected chi connectivity index (χ3v) is 6.19. The Hall–Kier alpha value is -4.12. The quantitative estimate of drug-likeness (QED) is 0.327. The highest BCUT2D eigenvalue weighted by Crippen LogP contribution is 2.27. The maximum atomic E-state index is 11.3. The van der Waals surface area contributed by atoms with E-state index in [1.54, 1.807) is 13.3 Å². The smallest absolute Gasteiger partial charge is 0.347 e. The van der Waals surface area contributed by atoms with E-state index in [9.17, 15) is 9.90 Å². The van der Waals surface area contributed by atoms with Gasteiger partial charge in [-0.3, -0.25) is 10.3 Å². The summed E-state index contributed by atoms with van der Waals surface area (Å²) in [6.45, 7) is 4.91. The lowest BCUT2D eigenvalue weighted by molar-refractivity contribution is 0.0701. The predicted molar refractivity (Wildman–Crippen MR) is 127 cm³/mol. The number of anilines is 3. The predicted octanol–water partition coefficient (Wildman–Crippen LogP) is 4.21. The number of aromatic carboxylic acids is 1. The Morgan fingerprint density at radius 3 is 2.82 bits per heavy atom. The van der Waals surface area contributed by atoms with Gasteiger partial charge in [-0.1, -0.05) is 29.5 Å². The number of aromatic nitrogens is 6. The van der Waals surface area contributed by atoms with Crippen molar-refractivity contribution in [3.05, 3.63) is 59.0 Å². The van der Waals surface area contributed by atoms with Crippen LogP contribution in [0, 0.1) is 6.92 Å². The number of rotatable bonds is 7. The summed E-state index contributed by atoms with van der Waals surface area (Å²) < 4.78 is 1.97. The molecule has 0 aliphatic rings. The molecule has 33 heavy (non-hydrogen) atoms. The second kappa shape index (κ2) is 8.43. The lowest BCUT2D eigenvalue weighted by atomic mass is 10.1. The van der Waals surface area contributed by atoms with Crippen LogP contribution in [0.5, 0.6) is 0 Å². The zero-order chi connectivity index (χ0) is 22.9. The van der Waals surface area contributed by atoms with Gasteiger partial charge in [0, 0.05) is 24.7 Å². The van der Waals surface area contributed by atoms with Crippen molar-refractivity contribution in [2.45, 2.75) is 26.9 Å². The summed E-state index contributed by atoms with van der Waals surface area (Å²) >= 11 is 1.04. The number of pyridine rings is 1. The highest BCUT2D eigenvalue weighted by molar-refractivity contribution is 7.17. The van der Waals surface area contributed by atoms with Gasteiger partial charge >= 0.3 is 5.97 Å². The first-order valence-electron chi connectivity index (χ1n) is 10.3.